The largest absolute Gasteiger partial charge is 0.350 e. The SMILES string of the molecule is CCCCCC(C)(CC)CCC(CCCC)NC(=O)C(Cl)(Cl)Cl. The lowest BCUT2D eigenvalue weighted by Crippen LogP contribution is -2.42. The maximum atomic E-state index is 11.9. The minimum absolute atomic E-state index is 0.0927. The quantitative estimate of drug-likeness (QED) is 0.290. The van der Waals surface area contributed by atoms with Gasteiger partial charge in [0.15, 0.2) is 0 Å². The van der Waals surface area contributed by atoms with Crippen LogP contribution in [0.15, 0.2) is 0 Å². The Morgan fingerprint density at radius 3 is 2.04 bits per heavy atom. The number of alkyl halides is 3. The zero-order valence-corrected chi connectivity index (χ0v) is 17.5. The van der Waals surface area contributed by atoms with Crippen LogP contribution in [-0.4, -0.2) is 15.7 Å². The molecule has 0 saturated carbocycles. The van der Waals surface area contributed by atoms with Crippen molar-refractivity contribution in [2.75, 3.05) is 0 Å². The van der Waals surface area contributed by atoms with E-state index in [1.165, 1.54) is 25.7 Å². The van der Waals surface area contributed by atoms with Crippen molar-refractivity contribution in [3.8, 4) is 0 Å². The van der Waals surface area contributed by atoms with Crippen LogP contribution in [0, 0.1) is 5.41 Å². The molecule has 2 atom stereocenters. The van der Waals surface area contributed by atoms with Crippen LogP contribution in [-0.2, 0) is 4.79 Å². The lowest BCUT2D eigenvalue weighted by molar-refractivity contribution is -0.121. The van der Waals surface area contributed by atoms with Crippen molar-refractivity contribution in [1.29, 1.82) is 0 Å². The van der Waals surface area contributed by atoms with Gasteiger partial charge in [-0.05, 0) is 31.1 Å². The van der Waals surface area contributed by atoms with Gasteiger partial charge in [-0.15, -0.1) is 0 Å². The van der Waals surface area contributed by atoms with Gasteiger partial charge in [-0.2, -0.15) is 0 Å². The Bertz CT molecular complexity index is 331. The maximum Gasteiger partial charge on any atom is 0.272 e. The van der Waals surface area contributed by atoms with Gasteiger partial charge in [0, 0.05) is 6.04 Å². The summed E-state index contributed by atoms with van der Waals surface area (Å²) in [6.07, 6.45) is 11.4. The molecule has 0 aromatic carbocycles. The predicted octanol–water partition coefficient (Wildman–Crippen LogP) is 6.81. The van der Waals surface area contributed by atoms with E-state index in [1.807, 2.05) is 0 Å². The fourth-order valence-electron chi connectivity index (χ4n) is 2.81. The van der Waals surface area contributed by atoms with E-state index in [9.17, 15) is 4.79 Å². The molecule has 0 aromatic heterocycles. The molecule has 0 aromatic rings. The van der Waals surface area contributed by atoms with Gasteiger partial charge in [0.1, 0.15) is 0 Å². The fraction of sp³-hybridized carbons (Fsp3) is 0.944. The summed E-state index contributed by atoms with van der Waals surface area (Å²) in [5.74, 6) is -0.507. The zero-order chi connectivity index (χ0) is 17.9. The Labute approximate surface area is 158 Å². The third-order valence-corrected chi connectivity index (χ3v) is 5.35. The summed E-state index contributed by atoms with van der Waals surface area (Å²) < 4.78 is -1.88. The topological polar surface area (TPSA) is 29.1 Å². The Morgan fingerprint density at radius 2 is 1.57 bits per heavy atom. The number of rotatable bonds is 12. The highest BCUT2D eigenvalue weighted by atomic mass is 35.6. The highest BCUT2D eigenvalue weighted by Gasteiger charge is 2.32. The van der Waals surface area contributed by atoms with Crippen molar-refractivity contribution in [3.05, 3.63) is 0 Å². The van der Waals surface area contributed by atoms with Gasteiger partial charge in [-0.25, -0.2) is 0 Å². The Morgan fingerprint density at radius 1 is 0.957 bits per heavy atom. The summed E-state index contributed by atoms with van der Waals surface area (Å²) in [6, 6.07) is 0.0927. The third kappa shape index (κ3) is 10.7. The van der Waals surface area contributed by atoms with Crippen molar-refractivity contribution in [3.63, 3.8) is 0 Å². The third-order valence-electron chi connectivity index (χ3n) is 4.83. The molecule has 1 N–H and O–H groups in total. The van der Waals surface area contributed by atoms with E-state index < -0.39 is 9.70 Å². The summed E-state index contributed by atoms with van der Waals surface area (Å²) >= 11 is 17.0. The van der Waals surface area contributed by atoms with Crippen LogP contribution in [0.3, 0.4) is 0 Å². The summed E-state index contributed by atoms with van der Waals surface area (Å²) in [5.41, 5.74) is 0.338. The van der Waals surface area contributed by atoms with Gasteiger partial charge in [0.25, 0.3) is 9.70 Å². The molecule has 2 unspecified atom stereocenters. The van der Waals surface area contributed by atoms with Gasteiger partial charge in [-0.1, -0.05) is 101 Å². The van der Waals surface area contributed by atoms with Crippen molar-refractivity contribution in [2.45, 2.75) is 102 Å². The molecular formula is C18H34Cl3NO. The molecule has 0 aliphatic rings. The van der Waals surface area contributed by atoms with E-state index in [0.717, 1.165) is 38.5 Å². The van der Waals surface area contributed by atoms with E-state index in [-0.39, 0.29) is 6.04 Å². The van der Waals surface area contributed by atoms with Crippen molar-refractivity contribution in [1.82, 2.24) is 5.32 Å². The van der Waals surface area contributed by atoms with E-state index in [4.69, 9.17) is 34.8 Å². The van der Waals surface area contributed by atoms with Crippen molar-refractivity contribution in [2.24, 2.45) is 5.41 Å². The van der Waals surface area contributed by atoms with E-state index in [2.05, 4.69) is 33.0 Å². The molecule has 0 aliphatic carbocycles. The highest BCUT2D eigenvalue weighted by molar-refractivity contribution is 6.76. The van der Waals surface area contributed by atoms with E-state index in [0.29, 0.717) is 5.41 Å². The number of nitrogens with one attached hydrogen (secondary N) is 1. The highest BCUT2D eigenvalue weighted by Crippen LogP contribution is 2.35. The van der Waals surface area contributed by atoms with Crippen molar-refractivity contribution >= 4 is 40.7 Å². The molecule has 0 rings (SSSR count). The molecule has 138 valence electrons. The number of hydrogen-bond donors (Lipinski definition) is 1. The molecule has 2 nitrogen and oxygen atoms in total. The molecule has 0 heterocycles. The first-order valence-electron chi connectivity index (χ1n) is 9.06. The number of hydrogen-bond acceptors (Lipinski definition) is 1. The van der Waals surface area contributed by atoms with Gasteiger partial charge >= 0.3 is 0 Å². The fourth-order valence-corrected chi connectivity index (χ4v) is 2.97. The molecule has 0 saturated heterocycles. The molecule has 0 spiro atoms. The second-order valence-electron chi connectivity index (χ2n) is 6.97. The number of halogens is 3. The van der Waals surface area contributed by atoms with E-state index in [1.54, 1.807) is 0 Å². The van der Waals surface area contributed by atoms with Crippen LogP contribution in [0.1, 0.15) is 91.9 Å². The molecule has 5 heteroatoms. The Kier molecular flexibility index (Phi) is 12.0. The molecule has 0 bridgehead atoms. The smallest absolute Gasteiger partial charge is 0.272 e. The van der Waals surface area contributed by atoms with Gasteiger partial charge < -0.3 is 5.32 Å². The summed E-state index contributed by atoms with van der Waals surface area (Å²) in [7, 11) is 0. The number of carbonyl (C=O) groups excluding carboxylic acids is 1. The van der Waals surface area contributed by atoms with Crippen molar-refractivity contribution < 1.29 is 4.79 Å². The minimum Gasteiger partial charge on any atom is -0.350 e. The summed E-state index contributed by atoms with van der Waals surface area (Å²) in [5, 5.41) is 2.92. The Hall–Kier alpha value is 0.340. The van der Waals surface area contributed by atoms with Crippen LogP contribution in [0.5, 0.6) is 0 Å². The lowest BCUT2D eigenvalue weighted by atomic mass is 9.77. The van der Waals surface area contributed by atoms with Crippen LogP contribution >= 0.6 is 34.8 Å². The monoisotopic (exact) mass is 385 g/mol. The first-order valence-corrected chi connectivity index (χ1v) is 10.2. The second kappa shape index (κ2) is 11.8. The molecule has 0 fully saturated rings. The van der Waals surface area contributed by atoms with Crippen LogP contribution in [0.2, 0.25) is 0 Å². The Balaban J connectivity index is 4.59. The molecular weight excluding hydrogens is 353 g/mol. The molecule has 0 radical (unpaired) electrons. The van der Waals surface area contributed by atoms with Gasteiger partial charge in [0.2, 0.25) is 0 Å². The van der Waals surface area contributed by atoms with Gasteiger partial charge in [-0.3, -0.25) is 4.79 Å². The maximum absolute atomic E-state index is 11.9. The zero-order valence-electron chi connectivity index (χ0n) is 15.2. The van der Waals surface area contributed by atoms with Crippen LogP contribution < -0.4 is 5.32 Å². The summed E-state index contributed by atoms with van der Waals surface area (Å²) in [4.78, 5) is 11.9. The summed E-state index contributed by atoms with van der Waals surface area (Å²) in [6.45, 7) is 8.99. The van der Waals surface area contributed by atoms with Gasteiger partial charge in [0.05, 0.1) is 0 Å². The number of carbonyl (C=O) groups is 1. The second-order valence-corrected chi connectivity index (χ2v) is 9.25. The average Bonchev–Trinajstić information content (AvgIpc) is 2.49. The first-order chi connectivity index (χ1) is 10.7. The number of amides is 1. The molecule has 1 amide bonds. The van der Waals surface area contributed by atoms with Crippen LogP contribution in [0.25, 0.3) is 0 Å². The average molecular weight is 387 g/mol. The lowest BCUT2D eigenvalue weighted by Gasteiger charge is -2.31. The number of unbranched alkanes of at least 4 members (excludes halogenated alkanes) is 3. The predicted molar refractivity (Wildman–Crippen MR) is 104 cm³/mol. The first kappa shape index (κ1) is 23.3. The normalized spacial score (nSPS) is 16.0. The molecule has 23 heavy (non-hydrogen) atoms. The standard InChI is InChI=1S/C18H34Cl3NO/c1-5-8-10-13-17(4,7-3)14-12-15(11-9-6-2)22-16(23)18(19,20)21/h15H,5-14H2,1-4H3,(H,22,23). The van der Waals surface area contributed by atoms with E-state index >= 15 is 0 Å². The van der Waals surface area contributed by atoms with Crippen LogP contribution in [0.4, 0.5) is 0 Å². The molecule has 0 aliphatic heterocycles. The minimum atomic E-state index is -1.88.